The lowest BCUT2D eigenvalue weighted by atomic mass is 9.91. The highest BCUT2D eigenvalue weighted by atomic mass is 79.9. The average Bonchev–Trinajstić information content (AvgIpc) is 3.09. The number of nitrogens with zero attached hydrogens (tertiary/aromatic N) is 2. The molecule has 0 bridgehead atoms. The van der Waals surface area contributed by atoms with E-state index in [0.717, 1.165) is 42.3 Å². The highest BCUT2D eigenvalue weighted by Gasteiger charge is 2.36. The van der Waals surface area contributed by atoms with Crippen LogP contribution in [0.25, 0.3) is 0 Å². The van der Waals surface area contributed by atoms with Crippen LogP contribution in [0.4, 0.5) is 0 Å². The van der Waals surface area contributed by atoms with Gasteiger partial charge in [0.05, 0.1) is 0 Å². The summed E-state index contributed by atoms with van der Waals surface area (Å²) in [5, 5.41) is 0. The van der Waals surface area contributed by atoms with Crippen molar-refractivity contribution in [1.82, 2.24) is 9.80 Å². The van der Waals surface area contributed by atoms with Crippen LogP contribution in [-0.2, 0) is 10.3 Å². The lowest BCUT2D eigenvalue weighted by Crippen LogP contribution is -2.57. The molecule has 1 saturated carbocycles. The van der Waals surface area contributed by atoms with Gasteiger partial charge in [0.25, 0.3) is 0 Å². The number of benzene rings is 1. The van der Waals surface area contributed by atoms with E-state index in [1.165, 1.54) is 25.7 Å². The van der Waals surface area contributed by atoms with E-state index < -0.39 is 5.54 Å². The number of halogens is 1. The third-order valence-corrected chi connectivity index (χ3v) is 5.86. The van der Waals surface area contributed by atoms with Gasteiger partial charge >= 0.3 is 0 Å². The van der Waals surface area contributed by atoms with Gasteiger partial charge in [-0.25, -0.2) is 0 Å². The molecule has 1 aliphatic carbocycles. The van der Waals surface area contributed by atoms with Crippen LogP contribution in [0.2, 0.25) is 0 Å². The summed E-state index contributed by atoms with van der Waals surface area (Å²) < 4.78 is 0.995. The van der Waals surface area contributed by atoms with Crippen molar-refractivity contribution in [3.05, 3.63) is 34.3 Å². The number of carbonyl (C=O) groups excluding carboxylic acids is 1. The number of hydrogen-bond acceptors (Lipinski definition) is 3. The molecule has 0 spiro atoms. The first-order chi connectivity index (χ1) is 11.0. The number of nitrogens with two attached hydrogens (primary N) is 1. The van der Waals surface area contributed by atoms with Gasteiger partial charge in [0.2, 0.25) is 5.91 Å². The van der Waals surface area contributed by atoms with E-state index in [-0.39, 0.29) is 5.91 Å². The van der Waals surface area contributed by atoms with E-state index in [1.807, 2.05) is 36.1 Å². The van der Waals surface area contributed by atoms with Crippen molar-refractivity contribution in [2.75, 3.05) is 26.2 Å². The van der Waals surface area contributed by atoms with E-state index in [4.69, 9.17) is 5.73 Å². The second-order valence-electron chi connectivity index (χ2n) is 6.98. The Hall–Kier alpha value is -0.910. The maximum atomic E-state index is 12.9. The van der Waals surface area contributed by atoms with E-state index in [1.54, 1.807) is 0 Å². The van der Waals surface area contributed by atoms with E-state index in [2.05, 4.69) is 20.8 Å². The third kappa shape index (κ3) is 3.62. The molecular formula is C18H26BrN3O. The summed E-state index contributed by atoms with van der Waals surface area (Å²) in [5.74, 6) is 0.0332. The molecule has 126 valence electrons. The van der Waals surface area contributed by atoms with Gasteiger partial charge in [-0.15, -0.1) is 0 Å². The summed E-state index contributed by atoms with van der Waals surface area (Å²) in [6.07, 6.45) is 5.35. The van der Waals surface area contributed by atoms with E-state index in [0.29, 0.717) is 0 Å². The Morgan fingerprint density at radius 1 is 1.13 bits per heavy atom. The Balaban J connectivity index is 1.62. The fourth-order valence-corrected chi connectivity index (χ4v) is 4.07. The highest BCUT2D eigenvalue weighted by molar-refractivity contribution is 9.10. The molecule has 2 aliphatic rings. The summed E-state index contributed by atoms with van der Waals surface area (Å²) in [6, 6.07) is 8.47. The van der Waals surface area contributed by atoms with Gasteiger partial charge in [0.1, 0.15) is 5.54 Å². The molecule has 1 aliphatic heterocycles. The molecule has 5 heteroatoms. The first-order valence-corrected chi connectivity index (χ1v) is 9.36. The monoisotopic (exact) mass is 379 g/mol. The van der Waals surface area contributed by atoms with Crippen molar-refractivity contribution in [2.45, 2.75) is 44.2 Å². The van der Waals surface area contributed by atoms with Crippen LogP contribution < -0.4 is 5.73 Å². The van der Waals surface area contributed by atoms with Crippen LogP contribution in [0, 0.1) is 0 Å². The molecule has 23 heavy (non-hydrogen) atoms. The molecule has 2 fully saturated rings. The number of hydrogen-bond donors (Lipinski definition) is 1. The SMILES string of the molecule is CC(N)(C(=O)N1CCN(C2CCCC2)CC1)c1ccc(Br)cc1. The number of amides is 1. The number of carbonyl (C=O) groups is 1. The van der Waals surface area contributed by atoms with Crippen molar-refractivity contribution >= 4 is 21.8 Å². The van der Waals surface area contributed by atoms with E-state index in [9.17, 15) is 4.79 Å². The van der Waals surface area contributed by atoms with Gasteiger partial charge in [-0.1, -0.05) is 40.9 Å². The normalized spacial score (nSPS) is 23.0. The van der Waals surface area contributed by atoms with Crippen LogP contribution >= 0.6 is 15.9 Å². The Bertz CT molecular complexity index is 544. The Labute approximate surface area is 147 Å². The lowest BCUT2D eigenvalue weighted by Gasteiger charge is -2.40. The molecule has 1 unspecified atom stereocenters. The Morgan fingerprint density at radius 3 is 2.26 bits per heavy atom. The summed E-state index contributed by atoms with van der Waals surface area (Å²) in [6.45, 7) is 5.36. The minimum Gasteiger partial charge on any atom is -0.338 e. The van der Waals surface area contributed by atoms with Gasteiger partial charge in [0, 0.05) is 36.7 Å². The van der Waals surface area contributed by atoms with Crippen molar-refractivity contribution in [3.63, 3.8) is 0 Å². The zero-order chi connectivity index (χ0) is 16.4. The summed E-state index contributed by atoms with van der Waals surface area (Å²) in [7, 11) is 0. The lowest BCUT2D eigenvalue weighted by molar-refractivity contribution is -0.138. The molecule has 2 N–H and O–H groups in total. The average molecular weight is 380 g/mol. The van der Waals surface area contributed by atoms with Crippen LogP contribution in [0.1, 0.15) is 38.2 Å². The van der Waals surface area contributed by atoms with E-state index >= 15 is 0 Å². The van der Waals surface area contributed by atoms with Crippen LogP contribution in [0.15, 0.2) is 28.7 Å². The van der Waals surface area contributed by atoms with Crippen LogP contribution in [-0.4, -0.2) is 47.9 Å². The maximum absolute atomic E-state index is 12.9. The molecule has 1 amide bonds. The van der Waals surface area contributed by atoms with Crippen LogP contribution in [0.5, 0.6) is 0 Å². The summed E-state index contributed by atoms with van der Waals surface area (Å²) in [5.41, 5.74) is 6.30. The number of piperazine rings is 1. The largest absolute Gasteiger partial charge is 0.338 e. The zero-order valence-electron chi connectivity index (χ0n) is 13.8. The van der Waals surface area contributed by atoms with Crippen LogP contribution in [0.3, 0.4) is 0 Å². The first-order valence-electron chi connectivity index (χ1n) is 8.57. The second-order valence-corrected chi connectivity index (χ2v) is 7.89. The van der Waals surface area contributed by atoms with Gasteiger partial charge in [-0.05, 0) is 37.5 Å². The molecule has 3 rings (SSSR count). The fourth-order valence-electron chi connectivity index (χ4n) is 3.81. The van der Waals surface area contributed by atoms with Gasteiger partial charge < -0.3 is 10.6 Å². The van der Waals surface area contributed by atoms with Crippen molar-refractivity contribution in [2.24, 2.45) is 5.73 Å². The van der Waals surface area contributed by atoms with Gasteiger partial charge in [-0.3, -0.25) is 9.69 Å². The minimum absolute atomic E-state index is 0.0332. The third-order valence-electron chi connectivity index (χ3n) is 5.33. The van der Waals surface area contributed by atoms with Gasteiger partial charge in [0.15, 0.2) is 0 Å². The molecular weight excluding hydrogens is 354 g/mol. The smallest absolute Gasteiger partial charge is 0.247 e. The van der Waals surface area contributed by atoms with Crippen molar-refractivity contribution in [3.8, 4) is 0 Å². The quantitative estimate of drug-likeness (QED) is 0.877. The molecule has 0 radical (unpaired) electrons. The molecule has 1 heterocycles. The molecule has 1 aromatic rings. The second kappa shape index (κ2) is 6.91. The van der Waals surface area contributed by atoms with Crippen molar-refractivity contribution < 1.29 is 4.79 Å². The Morgan fingerprint density at radius 2 is 1.70 bits per heavy atom. The molecule has 4 nitrogen and oxygen atoms in total. The molecule has 1 saturated heterocycles. The predicted octanol–water partition coefficient (Wildman–Crippen LogP) is 2.71. The maximum Gasteiger partial charge on any atom is 0.247 e. The van der Waals surface area contributed by atoms with Gasteiger partial charge in [-0.2, -0.15) is 0 Å². The summed E-state index contributed by atoms with van der Waals surface area (Å²) >= 11 is 3.42. The zero-order valence-corrected chi connectivity index (χ0v) is 15.4. The summed E-state index contributed by atoms with van der Waals surface area (Å²) in [4.78, 5) is 17.4. The molecule has 1 aromatic carbocycles. The first kappa shape index (κ1) is 16.9. The molecule has 0 aromatic heterocycles. The Kier molecular flexibility index (Phi) is 5.09. The predicted molar refractivity (Wildman–Crippen MR) is 96.1 cm³/mol. The minimum atomic E-state index is -0.962. The number of rotatable bonds is 3. The topological polar surface area (TPSA) is 49.6 Å². The fraction of sp³-hybridized carbons (Fsp3) is 0.611. The van der Waals surface area contributed by atoms with Crippen molar-refractivity contribution in [1.29, 1.82) is 0 Å². The molecule has 1 atom stereocenters. The highest BCUT2D eigenvalue weighted by Crippen LogP contribution is 2.26. The standard InChI is InChI=1S/C18H26BrN3O/c1-18(20,14-6-8-15(19)9-7-14)17(23)22-12-10-21(11-13-22)16-4-2-3-5-16/h6-9,16H,2-5,10-13,20H2,1H3.